The number of rotatable bonds is 7. The monoisotopic (exact) mass is 334 g/mol. The number of hydrogen-bond acceptors (Lipinski definition) is 6. The highest BCUT2D eigenvalue weighted by Gasteiger charge is 2.23. The Morgan fingerprint density at radius 3 is 1.00 bits per heavy atom. The second-order valence-electron chi connectivity index (χ2n) is 5.18. The Balaban J connectivity index is 2.37. The average Bonchev–Trinajstić information content (AvgIpc) is 2.65. The molecule has 0 bridgehead atoms. The highest BCUT2D eigenvalue weighted by molar-refractivity contribution is 5.43. The molecule has 0 aliphatic carbocycles. The number of methoxy groups -OCH3 is 4. The van der Waals surface area contributed by atoms with Crippen LogP contribution in [-0.2, 0) is 0 Å². The lowest BCUT2D eigenvalue weighted by Crippen LogP contribution is -2.11. The summed E-state index contributed by atoms with van der Waals surface area (Å²) in [6, 6.07) is 9.97. The Labute approximate surface area is 141 Å². The summed E-state index contributed by atoms with van der Waals surface area (Å²) in [5.41, 5.74) is 0.945. The third kappa shape index (κ3) is 3.90. The molecule has 0 aliphatic heterocycles. The summed E-state index contributed by atoms with van der Waals surface area (Å²) in [4.78, 5) is 0. The Bertz CT molecular complexity index is 581. The van der Waals surface area contributed by atoms with Crippen LogP contribution in [0.1, 0.15) is 23.3 Å². The highest BCUT2D eigenvalue weighted by Crippen LogP contribution is 2.36. The summed E-state index contributed by atoms with van der Waals surface area (Å²) in [6.07, 6.45) is -2.35. The lowest BCUT2D eigenvalue weighted by molar-refractivity contribution is 0.0168. The van der Waals surface area contributed by atoms with Crippen LogP contribution in [0.5, 0.6) is 23.0 Å². The second-order valence-corrected chi connectivity index (χ2v) is 5.18. The van der Waals surface area contributed by atoms with Crippen LogP contribution in [0, 0.1) is 0 Å². The minimum atomic E-state index is -1.18. The molecule has 0 fully saturated rings. The predicted molar refractivity (Wildman–Crippen MR) is 89.0 cm³/mol. The van der Waals surface area contributed by atoms with E-state index in [0.717, 1.165) is 0 Å². The van der Waals surface area contributed by atoms with Crippen molar-refractivity contribution in [1.29, 1.82) is 0 Å². The lowest BCUT2D eigenvalue weighted by atomic mass is 9.97. The van der Waals surface area contributed by atoms with Crippen molar-refractivity contribution in [3.63, 3.8) is 0 Å². The molecule has 130 valence electrons. The van der Waals surface area contributed by atoms with Crippen molar-refractivity contribution in [3.05, 3.63) is 47.5 Å². The molecule has 0 aliphatic rings. The van der Waals surface area contributed by atoms with Crippen LogP contribution in [0.4, 0.5) is 0 Å². The van der Waals surface area contributed by atoms with Gasteiger partial charge in [0.15, 0.2) is 0 Å². The lowest BCUT2D eigenvalue weighted by Gasteiger charge is -2.21. The first-order chi connectivity index (χ1) is 11.5. The Morgan fingerprint density at radius 2 is 0.792 bits per heavy atom. The highest BCUT2D eigenvalue weighted by atomic mass is 16.5. The molecule has 2 aromatic carbocycles. The molecule has 6 nitrogen and oxygen atoms in total. The van der Waals surface area contributed by atoms with E-state index in [4.69, 9.17) is 18.9 Å². The van der Waals surface area contributed by atoms with Gasteiger partial charge in [-0.3, -0.25) is 0 Å². The van der Waals surface area contributed by atoms with Crippen LogP contribution < -0.4 is 18.9 Å². The molecule has 2 aromatic rings. The molecule has 2 unspecified atom stereocenters. The SMILES string of the molecule is COc1cc(OC)cc(C(O)C(O)c2cc(OC)cc(OC)c2)c1. The van der Waals surface area contributed by atoms with Crippen molar-refractivity contribution in [2.24, 2.45) is 0 Å². The molecule has 0 saturated heterocycles. The minimum Gasteiger partial charge on any atom is -0.497 e. The number of aliphatic hydroxyl groups is 2. The van der Waals surface area contributed by atoms with Gasteiger partial charge in [-0.2, -0.15) is 0 Å². The van der Waals surface area contributed by atoms with E-state index in [1.165, 1.54) is 28.4 Å². The first kappa shape index (κ1) is 17.9. The van der Waals surface area contributed by atoms with Gasteiger partial charge < -0.3 is 29.2 Å². The van der Waals surface area contributed by atoms with Gasteiger partial charge in [-0.25, -0.2) is 0 Å². The van der Waals surface area contributed by atoms with Gasteiger partial charge in [0.25, 0.3) is 0 Å². The van der Waals surface area contributed by atoms with Crippen molar-refractivity contribution in [2.45, 2.75) is 12.2 Å². The van der Waals surface area contributed by atoms with E-state index in [1.807, 2.05) is 0 Å². The van der Waals surface area contributed by atoms with Crippen molar-refractivity contribution in [3.8, 4) is 23.0 Å². The van der Waals surface area contributed by atoms with Gasteiger partial charge >= 0.3 is 0 Å². The van der Waals surface area contributed by atoms with E-state index in [9.17, 15) is 10.2 Å². The van der Waals surface area contributed by atoms with Crippen molar-refractivity contribution in [2.75, 3.05) is 28.4 Å². The van der Waals surface area contributed by atoms with Gasteiger partial charge in [0, 0.05) is 12.1 Å². The Hall–Kier alpha value is -2.44. The molecular weight excluding hydrogens is 312 g/mol. The van der Waals surface area contributed by atoms with Gasteiger partial charge in [-0.1, -0.05) is 0 Å². The van der Waals surface area contributed by atoms with Crippen LogP contribution in [0.15, 0.2) is 36.4 Å². The maximum Gasteiger partial charge on any atom is 0.122 e. The number of benzene rings is 2. The zero-order chi connectivity index (χ0) is 17.7. The first-order valence-corrected chi connectivity index (χ1v) is 7.34. The normalized spacial score (nSPS) is 13.1. The molecule has 6 heteroatoms. The van der Waals surface area contributed by atoms with E-state index in [0.29, 0.717) is 34.1 Å². The zero-order valence-electron chi connectivity index (χ0n) is 14.1. The molecule has 2 rings (SSSR count). The summed E-state index contributed by atoms with van der Waals surface area (Å²) in [6.45, 7) is 0. The molecule has 2 N–H and O–H groups in total. The summed E-state index contributed by atoms with van der Waals surface area (Å²) >= 11 is 0. The maximum absolute atomic E-state index is 10.6. The fourth-order valence-corrected chi connectivity index (χ4v) is 2.36. The molecule has 0 amide bonds. The Morgan fingerprint density at radius 1 is 0.542 bits per heavy atom. The van der Waals surface area contributed by atoms with Gasteiger partial charge in [-0.15, -0.1) is 0 Å². The third-order valence-corrected chi connectivity index (χ3v) is 3.73. The van der Waals surface area contributed by atoms with Crippen LogP contribution in [0.3, 0.4) is 0 Å². The minimum absolute atomic E-state index is 0.473. The molecule has 0 aromatic heterocycles. The molecule has 0 saturated carbocycles. The van der Waals surface area contributed by atoms with Gasteiger partial charge in [-0.05, 0) is 35.4 Å². The summed E-state index contributed by atoms with van der Waals surface area (Å²) < 4.78 is 20.8. The van der Waals surface area contributed by atoms with E-state index in [2.05, 4.69) is 0 Å². The largest absolute Gasteiger partial charge is 0.497 e. The van der Waals surface area contributed by atoms with Gasteiger partial charge in [0.2, 0.25) is 0 Å². The second kappa shape index (κ2) is 7.90. The number of aliphatic hydroxyl groups excluding tert-OH is 2. The molecule has 24 heavy (non-hydrogen) atoms. The van der Waals surface area contributed by atoms with Crippen LogP contribution in [0.2, 0.25) is 0 Å². The number of ether oxygens (including phenoxy) is 4. The molecule has 0 heterocycles. The van der Waals surface area contributed by atoms with Crippen LogP contribution in [0.25, 0.3) is 0 Å². The van der Waals surface area contributed by atoms with Gasteiger partial charge in [0.1, 0.15) is 35.2 Å². The Kier molecular flexibility index (Phi) is 5.89. The standard InChI is InChI=1S/C18H22O6/c1-21-13-5-11(6-14(9-13)22-2)17(19)18(20)12-7-15(23-3)10-16(8-12)24-4/h5-10,17-20H,1-4H3. The average molecular weight is 334 g/mol. The molecular formula is C18H22O6. The van der Waals surface area contributed by atoms with Crippen LogP contribution >= 0.6 is 0 Å². The van der Waals surface area contributed by atoms with Crippen molar-refractivity contribution < 1.29 is 29.2 Å². The van der Waals surface area contributed by atoms with E-state index < -0.39 is 12.2 Å². The quantitative estimate of drug-likeness (QED) is 0.810. The molecule has 0 radical (unpaired) electrons. The first-order valence-electron chi connectivity index (χ1n) is 7.34. The van der Waals surface area contributed by atoms with Crippen molar-refractivity contribution in [1.82, 2.24) is 0 Å². The molecule has 2 atom stereocenters. The summed E-state index contributed by atoms with van der Waals surface area (Å²) in [5.74, 6) is 2.11. The maximum atomic E-state index is 10.6. The predicted octanol–water partition coefficient (Wildman–Crippen LogP) is 2.49. The summed E-state index contributed by atoms with van der Waals surface area (Å²) in [5, 5.41) is 21.1. The smallest absolute Gasteiger partial charge is 0.122 e. The number of hydrogen-bond donors (Lipinski definition) is 2. The fraction of sp³-hybridized carbons (Fsp3) is 0.333. The van der Waals surface area contributed by atoms with Crippen molar-refractivity contribution >= 4 is 0 Å². The third-order valence-electron chi connectivity index (χ3n) is 3.73. The summed E-state index contributed by atoms with van der Waals surface area (Å²) in [7, 11) is 6.09. The topological polar surface area (TPSA) is 77.4 Å². The molecule has 0 spiro atoms. The zero-order valence-corrected chi connectivity index (χ0v) is 14.1. The van der Waals surface area contributed by atoms with Gasteiger partial charge in [0.05, 0.1) is 28.4 Å². The van der Waals surface area contributed by atoms with E-state index >= 15 is 0 Å². The fourth-order valence-electron chi connectivity index (χ4n) is 2.36. The van der Waals surface area contributed by atoms with Crippen LogP contribution in [-0.4, -0.2) is 38.7 Å². The van der Waals surface area contributed by atoms with E-state index in [1.54, 1.807) is 36.4 Å². The van der Waals surface area contributed by atoms with E-state index in [-0.39, 0.29) is 0 Å².